The number of aromatic amines is 1. The molecule has 0 saturated carbocycles. The van der Waals surface area contributed by atoms with Crippen molar-refractivity contribution in [3.05, 3.63) is 76.9 Å². The van der Waals surface area contributed by atoms with Crippen LogP contribution in [0.4, 0.5) is 0 Å². The Morgan fingerprint density at radius 3 is 2.56 bits per heavy atom. The van der Waals surface area contributed by atoms with Crippen LogP contribution in [0.5, 0.6) is 0 Å². The summed E-state index contributed by atoms with van der Waals surface area (Å²) < 4.78 is 0. The number of nitrogens with one attached hydrogen (secondary N) is 2. The van der Waals surface area contributed by atoms with Gasteiger partial charge in [0, 0.05) is 10.4 Å². The van der Waals surface area contributed by atoms with Crippen LogP contribution in [0.25, 0.3) is 21.5 Å². The zero-order chi connectivity index (χ0) is 18.8. The maximum absolute atomic E-state index is 12.4. The second kappa shape index (κ2) is 7.05. The van der Waals surface area contributed by atoms with E-state index >= 15 is 0 Å². The number of rotatable bonds is 5. The van der Waals surface area contributed by atoms with E-state index in [4.69, 9.17) is 5.73 Å². The van der Waals surface area contributed by atoms with Crippen LogP contribution in [0, 0.1) is 0 Å². The number of hydrogen-bond donors (Lipinski definition) is 3. The van der Waals surface area contributed by atoms with Crippen LogP contribution < -0.4 is 11.1 Å². The molecule has 134 valence electrons. The fourth-order valence-electron chi connectivity index (χ4n) is 2.75. The maximum Gasteiger partial charge on any atom is 0.261 e. The molecule has 0 atom stereocenters. The van der Waals surface area contributed by atoms with E-state index in [1.165, 1.54) is 11.3 Å². The van der Waals surface area contributed by atoms with Crippen molar-refractivity contribution in [2.45, 2.75) is 6.54 Å². The number of imidazole rings is 1. The normalized spacial score (nSPS) is 10.8. The fraction of sp³-hybridized carbons (Fsp3) is 0.0500. The molecule has 4 aromatic rings. The van der Waals surface area contributed by atoms with Crippen molar-refractivity contribution in [1.29, 1.82) is 0 Å². The van der Waals surface area contributed by atoms with Crippen LogP contribution in [0.15, 0.2) is 60.7 Å². The summed E-state index contributed by atoms with van der Waals surface area (Å²) in [6.07, 6.45) is 0. The molecule has 7 heteroatoms. The third kappa shape index (κ3) is 3.58. The maximum atomic E-state index is 12.4. The summed E-state index contributed by atoms with van der Waals surface area (Å²) in [6.45, 7) is 0.327. The van der Waals surface area contributed by atoms with E-state index in [0.29, 0.717) is 22.8 Å². The van der Waals surface area contributed by atoms with Crippen LogP contribution in [-0.2, 0) is 6.54 Å². The van der Waals surface area contributed by atoms with Crippen LogP contribution >= 0.6 is 11.3 Å². The van der Waals surface area contributed by atoms with Crippen molar-refractivity contribution in [2.75, 3.05) is 0 Å². The molecule has 0 unspecified atom stereocenters. The monoisotopic (exact) mass is 376 g/mol. The zero-order valence-corrected chi connectivity index (χ0v) is 15.0. The number of aromatic nitrogens is 2. The standard InChI is InChI=1S/C20H16N4O2S/c21-19(25)13-7-5-12(6-8-13)16-9-10-17(27-16)20(26)22-11-18-23-14-3-1-2-4-15(14)24-18/h1-10H,11H2,(H2,21,25)(H,22,26)(H,23,24). The lowest BCUT2D eigenvalue weighted by atomic mass is 10.1. The van der Waals surface area contributed by atoms with Crippen molar-refractivity contribution in [3.8, 4) is 10.4 Å². The summed E-state index contributed by atoms with van der Waals surface area (Å²) in [6, 6.07) is 18.4. The van der Waals surface area contributed by atoms with E-state index in [-0.39, 0.29) is 5.91 Å². The number of thiophene rings is 1. The minimum absolute atomic E-state index is 0.152. The first-order valence-corrected chi connectivity index (χ1v) is 9.14. The van der Waals surface area contributed by atoms with Crippen LogP contribution in [0.1, 0.15) is 25.9 Å². The molecule has 0 aliphatic rings. The lowest BCUT2D eigenvalue weighted by molar-refractivity contribution is 0.0952. The van der Waals surface area contributed by atoms with Crippen molar-refractivity contribution in [1.82, 2.24) is 15.3 Å². The third-order valence-corrected chi connectivity index (χ3v) is 5.27. The van der Waals surface area contributed by atoms with Gasteiger partial charge in [0.2, 0.25) is 5.91 Å². The first-order chi connectivity index (χ1) is 13.1. The largest absolute Gasteiger partial charge is 0.366 e. The number of carbonyl (C=O) groups excluding carboxylic acids is 2. The van der Waals surface area contributed by atoms with E-state index in [1.807, 2.05) is 42.5 Å². The third-order valence-electron chi connectivity index (χ3n) is 4.14. The number of nitrogens with zero attached hydrogens (tertiary/aromatic N) is 1. The van der Waals surface area contributed by atoms with Gasteiger partial charge in [-0.3, -0.25) is 9.59 Å². The summed E-state index contributed by atoms with van der Waals surface area (Å²) in [7, 11) is 0. The number of fused-ring (bicyclic) bond motifs is 1. The quantitative estimate of drug-likeness (QED) is 0.498. The minimum Gasteiger partial charge on any atom is -0.366 e. The smallest absolute Gasteiger partial charge is 0.261 e. The Labute approximate surface area is 159 Å². The molecular formula is C20H16N4O2S. The van der Waals surface area contributed by atoms with Crippen LogP contribution in [0.3, 0.4) is 0 Å². The summed E-state index contributed by atoms with van der Waals surface area (Å²) in [5.74, 6) is 0.0993. The molecule has 0 radical (unpaired) electrons. The molecule has 2 amide bonds. The predicted octanol–water partition coefficient (Wildman–Crippen LogP) is 3.32. The molecule has 0 aliphatic carbocycles. The van der Waals surface area contributed by atoms with Crippen molar-refractivity contribution in [2.24, 2.45) is 5.73 Å². The fourth-order valence-corrected chi connectivity index (χ4v) is 3.68. The molecule has 2 aromatic heterocycles. The molecule has 0 bridgehead atoms. The molecular weight excluding hydrogens is 360 g/mol. The molecule has 0 spiro atoms. The average molecular weight is 376 g/mol. The summed E-state index contributed by atoms with van der Waals surface area (Å²) in [5.41, 5.74) is 8.46. The first-order valence-electron chi connectivity index (χ1n) is 8.32. The Morgan fingerprint density at radius 2 is 1.81 bits per heavy atom. The first kappa shape index (κ1) is 17.0. The Bertz CT molecular complexity index is 1100. The molecule has 2 heterocycles. The topological polar surface area (TPSA) is 101 Å². The molecule has 0 saturated heterocycles. The van der Waals surface area contributed by atoms with Gasteiger partial charge in [-0.25, -0.2) is 4.98 Å². The lowest BCUT2D eigenvalue weighted by Gasteiger charge is -2.01. The molecule has 4 rings (SSSR count). The Morgan fingerprint density at radius 1 is 1.04 bits per heavy atom. The second-order valence-electron chi connectivity index (χ2n) is 5.99. The summed E-state index contributed by atoms with van der Waals surface area (Å²) in [5, 5.41) is 2.88. The number of amides is 2. The highest BCUT2D eigenvalue weighted by atomic mass is 32.1. The van der Waals surface area contributed by atoms with Crippen molar-refractivity contribution < 1.29 is 9.59 Å². The number of hydrogen-bond acceptors (Lipinski definition) is 4. The lowest BCUT2D eigenvalue weighted by Crippen LogP contribution is -2.22. The Hall–Kier alpha value is -3.45. The van der Waals surface area contributed by atoms with Gasteiger partial charge in [0.1, 0.15) is 5.82 Å². The van der Waals surface area contributed by atoms with E-state index in [9.17, 15) is 9.59 Å². The second-order valence-corrected chi connectivity index (χ2v) is 7.07. The van der Waals surface area contributed by atoms with Gasteiger partial charge in [-0.1, -0.05) is 24.3 Å². The van der Waals surface area contributed by atoms with Gasteiger partial charge in [0.15, 0.2) is 0 Å². The van der Waals surface area contributed by atoms with Crippen LogP contribution in [0.2, 0.25) is 0 Å². The van der Waals surface area contributed by atoms with Gasteiger partial charge in [-0.05, 0) is 42.0 Å². The van der Waals surface area contributed by atoms with E-state index < -0.39 is 5.91 Å². The molecule has 2 aromatic carbocycles. The summed E-state index contributed by atoms with van der Waals surface area (Å²) in [4.78, 5) is 32.8. The molecule has 0 fully saturated rings. The number of para-hydroxylation sites is 2. The molecule has 0 aliphatic heterocycles. The number of benzene rings is 2. The Kier molecular flexibility index (Phi) is 4.43. The van der Waals surface area contributed by atoms with E-state index in [2.05, 4.69) is 15.3 Å². The number of H-pyrrole nitrogens is 1. The highest BCUT2D eigenvalue weighted by Gasteiger charge is 2.11. The van der Waals surface area contributed by atoms with E-state index in [1.54, 1.807) is 18.2 Å². The Balaban J connectivity index is 1.44. The van der Waals surface area contributed by atoms with Crippen LogP contribution in [-0.4, -0.2) is 21.8 Å². The molecule has 4 N–H and O–H groups in total. The number of primary amides is 1. The minimum atomic E-state index is -0.460. The SMILES string of the molecule is NC(=O)c1ccc(-c2ccc(C(=O)NCc3nc4ccccc4[nH]3)s2)cc1. The number of nitrogens with two attached hydrogens (primary N) is 1. The summed E-state index contributed by atoms with van der Waals surface area (Å²) >= 11 is 1.39. The molecule has 27 heavy (non-hydrogen) atoms. The van der Waals surface area contributed by atoms with Gasteiger partial charge < -0.3 is 16.0 Å². The zero-order valence-electron chi connectivity index (χ0n) is 14.2. The predicted molar refractivity (Wildman–Crippen MR) is 106 cm³/mol. The van der Waals surface area contributed by atoms with E-state index in [0.717, 1.165) is 21.5 Å². The van der Waals surface area contributed by atoms with Gasteiger partial charge in [0.05, 0.1) is 22.5 Å². The molecule has 6 nitrogen and oxygen atoms in total. The highest BCUT2D eigenvalue weighted by Crippen LogP contribution is 2.28. The average Bonchev–Trinajstić information content (AvgIpc) is 3.33. The highest BCUT2D eigenvalue weighted by molar-refractivity contribution is 7.17. The van der Waals surface area contributed by atoms with Crippen molar-refractivity contribution in [3.63, 3.8) is 0 Å². The van der Waals surface area contributed by atoms with Gasteiger partial charge in [-0.2, -0.15) is 0 Å². The van der Waals surface area contributed by atoms with Gasteiger partial charge in [-0.15, -0.1) is 11.3 Å². The number of carbonyl (C=O) groups is 2. The van der Waals surface area contributed by atoms with Crippen molar-refractivity contribution >= 4 is 34.2 Å². The van der Waals surface area contributed by atoms with Gasteiger partial charge >= 0.3 is 0 Å². The van der Waals surface area contributed by atoms with Gasteiger partial charge in [0.25, 0.3) is 5.91 Å².